The Labute approximate surface area is 226 Å². The summed E-state index contributed by atoms with van der Waals surface area (Å²) in [6.07, 6.45) is 1.25. The summed E-state index contributed by atoms with van der Waals surface area (Å²) in [5, 5.41) is 5.96. The molecule has 4 rings (SSSR count). The fraction of sp³-hybridized carbons (Fsp3) is 0.0769. The first kappa shape index (κ1) is 26.2. The van der Waals surface area contributed by atoms with Crippen molar-refractivity contribution in [3.8, 4) is 5.75 Å². The number of hydrogen-bond acceptors (Lipinski definition) is 5. The number of carbonyl (C=O) groups excluding carboxylic acids is 4. The molecule has 1 fully saturated rings. The van der Waals surface area contributed by atoms with Gasteiger partial charge in [-0.05, 0) is 73.2 Å². The summed E-state index contributed by atoms with van der Waals surface area (Å²) >= 11 is 18.1. The normalized spacial score (nSPS) is 14.5. The quantitative estimate of drug-likeness (QED) is 0.301. The van der Waals surface area contributed by atoms with Crippen LogP contribution in [0.3, 0.4) is 0 Å². The zero-order valence-corrected chi connectivity index (χ0v) is 21.4. The predicted octanol–water partition coefficient (Wildman–Crippen LogP) is 5.64. The molecule has 1 saturated heterocycles. The smallest absolute Gasteiger partial charge is 0.335 e. The molecular weight excluding hydrogens is 541 g/mol. The van der Waals surface area contributed by atoms with Crippen molar-refractivity contribution in [3.63, 3.8) is 0 Å². The number of anilines is 2. The Hall–Kier alpha value is -3.85. The molecule has 5 amide bonds. The molecule has 1 heterocycles. The minimum Gasteiger partial charge on any atom is -0.483 e. The van der Waals surface area contributed by atoms with E-state index in [0.29, 0.717) is 26.3 Å². The second-order valence-corrected chi connectivity index (χ2v) is 9.22. The van der Waals surface area contributed by atoms with Gasteiger partial charge in [-0.15, -0.1) is 0 Å². The summed E-state index contributed by atoms with van der Waals surface area (Å²) < 4.78 is 5.65. The number of amides is 5. The third kappa shape index (κ3) is 6.11. The van der Waals surface area contributed by atoms with Crippen molar-refractivity contribution < 1.29 is 23.9 Å². The van der Waals surface area contributed by atoms with Gasteiger partial charge in [-0.3, -0.25) is 19.7 Å². The van der Waals surface area contributed by atoms with E-state index in [2.05, 4.69) is 10.6 Å². The molecule has 3 aromatic carbocycles. The Balaban J connectivity index is 1.60. The molecular formula is C26H18Cl3N3O5. The highest BCUT2D eigenvalue weighted by molar-refractivity contribution is 6.40. The van der Waals surface area contributed by atoms with Gasteiger partial charge in [0.15, 0.2) is 6.61 Å². The van der Waals surface area contributed by atoms with Crippen molar-refractivity contribution in [2.24, 2.45) is 0 Å². The molecule has 1 aliphatic heterocycles. The van der Waals surface area contributed by atoms with Crippen LogP contribution in [0.4, 0.5) is 16.2 Å². The molecule has 0 saturated carbocycles. The lowest BCUT2D eigenvalue weighted by Gasteiger charge is -2.27. The average Bonchev–Trinajstić information content (AvgIpc) is 2.84. The standard InChI is InChI=1S/C26H18Cl3N3O5/c1-14-2-3-18(29)12-21(14)32-25(35)20(24(34)31-26(32)36)11-15-10-17(28)6-9-22(15)37-13-23(33)30-19-7-4-16(27)5-8-19/h2-12H,13H2,1H3,(H,30,33)(H,31,34,36)/b20-11+. The Morgan fingerprint density at radius 1 is 0.946 bits per heavy atom. The molecule has 188 valence electrons. The highest BCUT2D eigenvalue weighted by Gasteiger charge is 2.37. The van der Waals surface area contributed by atoms with E-state index in [1.165, 1.54) is 30.3 Å². The summed E-state index contributed by atoms with van der Waals surface area (Å²) in [6.45, 7) is 1.33. The molecule has 1 aliphatic rings. The van der Waals surface area contributed by atoms with Crippen molar-refractivity contribution in [1.82, 2.24) is 5.32 Å². The molecule has 0 spiro atoms. The van der Waals surface area contributed by atoms with Crippen LogP contribution in [0, 0.1) is 6.92 Å². The maximum absolute atomic E-state index is 13.3. The van der Waals surface area contributed by atoms with Gasteiger partial charge in [0, 0.05) is 26.3 Å². The Morgan fingerprint density at radius 3 is 2.32 bits per heavy atom. The van der Waals surface area contributed by atoms with Crippen LogP contribution >= 0.6 is 34.8 Å². The lowest BCUT2D eigenvalue weighted by Crippen LogP contribution is -2.54. The largest absolute Gasteiger partial charge is 0.483 e. The van der Waals surface area contributed by atoms with Gasteiger partial charge >= 0.3 is 6.03 Å². The minimum atomic E-state index is -0.904. The number of barbiturate groups is 1. The first-order valence-corrected chi connectivity index (χ1v) is 11.9. The third-order valence-electron chi connectivity index (χ3n) is 5.27. The molecule has 0 bridgehead atoms. The Morgan fingerprint density at radius 2 is 1.59 bits per heavy atom. The van der Waals surface area contributed by atoms with Gasteiger partial charge in [0.25, 0.3) is 17.7 Å². The van der Waals surface area contributed by atoms with E-state index < -0.39 is 23.8 Å². The zero-order chi connectivity index (χ0) is 26.7. The number of benzene rings is 3. The van der Waals surface area contributed by atoms with Crippen LogP contribution in [0.5, 0.6) is 5.75 Å². The molecule has 0 aromatic heterocycles. The first-order chi connectivity index (χ1) is 17.6. The summed E-state index contributed by atoms with van der Waals surface area (Å²) in [5.74, 6) is -2.01. The molecule has 0 radical (unpaired) electrons. The fourth-order valence-corrected chi connectivity index (χ4v) is 3.97. The fourth-order valence-electron chi connectivity index (χ4n) is 3.49. The lowest BCUT2D eigenvalue weighted by molar-refractivity contribution is -0.122. The van der Waals surface area contributed by atoms with Crippen LogP contribution < -0.4 is 20.3 Å². The Bertz CT molecular complexity index is 1450. The average molecular weight is 559 g/mol. The third-order valence-corrected chi connectivity index (χ3v) is 5.99. The van der Waals surface area contributed by atoms with E-state index in [-0.39, 0.29) is 29.2 Å². The molecule has 2 N–H and O–H groups in total. The molecule has 11 heteroatoms. The molecule has 0 aliphatic carbocycles. The topological polar surface area (TPSA) is 105 Å². The number of hydrogen-bond donors (Lipinski definition) is 2. The van der Waals surface area contributed by atoms with Gasteiger partial charge in [0.05, 0.1) is 5.69 Å². The van der Waals surface area contributed by atoms with Crippen LogP contribution in [0.15, 0.2) is 66.2 Å². The number of ether oxygens (including phenoxy) is 1. The molecule has 3 aromatic rings. The van der Waals surface area contributed by atoms with E-state index in [1.807, 2.05) is 0 Å². The number of urea groups is 1. The van der Waals surface area contributed by atoms with Crippen molar-refractivity contribution >= 4 is 76.0 Å². The van der Waals surface area contributed by atoms with E-state index in [4.69, 9.17) is 39.5 Å². The number of rotatable bonds is 6. The van der Waals surface area contributed by atoms with Gasteiger partial charge in [0.2, 0.25) is 0 Å². The maximum atomic E-state index is 13.3. The monoisotopic (exact) mass is 557 g/mol. The van der Waals surface area contributed by atoms with Crippen molar-refractivity contribution in [2.45, 2.75) is 6.92 Å². The van der Waals surface area contributed by atoms with E-state index >= 15 is 0 Å². The first-order valence-electron chi connectivity index (χ1n) is 10.8. The number of aryl methyl sites for hydroxylation is 1. The summed E-state index contributed by atoms with van der Waals surface area (Å²) in [6, 6.07) is 14.9. The molecule has 37 heavy (non-hydrogen) atoms. The number of halogens is 3. The second-order valence-electron chi connectivity index (χ2n) is 7.91. The van der Waals surface area contributed by atoms with Gasteiger partial charge in [-0.2, -0.15) is 0 Å². The second kappa shape index (κ2) is 11.0. The number of nitrogens with zero attached hydrogens (tertiary/aromatic N) is 1. The van der Waals surface area contributed by atoms with Crippen LogP contribution in [-0.4, -0.2) is 30.4 Å². The number of imide groups is 2. The lowest BCUT2D eigenvalue weighted by atomic mass is 10.0. The highest BCUT2D eigenvalue weighted by Crippen LogP contribution is 2.30. The zero-order valence-electron chi connectivity index (χ0n) is 19.2. The van der Waals surface area contributed by atoms with E-state index in [1.54, 1.807) is 43.3 Å². The van der Waals surface area contributed by atoms with Gasteiger partial charge in [0.1, 0.15) is 11.3 Å². The van der Waals surface area contributed by atoms with E-state index in [9.17, 15) is 19.2 Å². The number of carbonyl (C=O) groups is 4. The summed E-state index contributed by atoms with van der Waals surface area (Å²) in [4.78, 5) is 51.6. The number of nitrogens with one attached hydrogen (secondary N) is 2. The van der Waals surface area contributed by atoms with Gasteiger partial charge < -0.3 is 10.1 Å². The molecule has 0 unspecified atom stereocenters. The van der Waals surface area contributed by atoms with Crippen molar-refractivity contribution in [1.29, 1.82) is 0 Å². The summed E-state index contributed by atoms with van der Waals surface area (Å²) in [7, 11) is 0. The summed E-state index contributed by atoms with van der Waals surface area (Å²) in [5.41, 5.74) is 1.27. The van der Waals surface area contributed by atoms with Crippen molar-refractivity contribution in [3.05, 3.63) is 92.4 Å². The van der Waals surface area contributed by atoms with Crippen molar-refractivity contribution in [2.75, 3.05) is 16.8 Å². The van der Waals surface area contributed by atoms with Crippen LogP contribution in [0.25, 0.3) is 6.08 Å². The molecule has 8 nitrogen and oxygen atoms in total. The molecule has 0 atom stereocenters. The highest BCUT2D eigenvalue weighted by atomic mass is 35.5. The maximum Gasteiger partial charge on any atom is 0.335 e. The van der Waals surface area contributed by atoms with Gasteiger partial charge in [-0.1, -0.05) is 40.9 Å². The predicted molar refractivity (Wildman–Crippen MR) is 142 cm³/mol. The SMILES string of the molecule is Cc1ccc(Cl)cc1N1C(=O)NC(=O)/C(=C\c2cc(Cl)ccc2OCC(=O)Nc2ccc(Cl)cc2)C1=O. The van der Waals surface area contributed by atoms with Crippen LogP contribution in [-0.2, 0) is 14.4 Å². The minimum absolute atomic E-state index is 0.186. The van der Waals surface area contributed by atoms with Crippen LogP contribution in [0.2, 0.25) is 15.1 Å². The van der Waals surface area contributed by atoms with E-state index in [0.717, 1.165) is 4.90 Å². The van der Waals surface area contributed by atoms with Gasteiger partial charge in [-0.25, -0.2) is 9.69 Å². The Kier molecular flexibility index (Phi) is 7.83. The van der Waals surface area contributed by atoms with Crippen LogP contribution in [0.1, 0.15) is 11.1 Å².